The summed E-state index contributed by atoms with van der Waals surface area (Å²) in [6, 6.07) is 15.3. The fourth-order valence-electron chi connectivity index (χ4n) is 2.47. The van der Waals surface area contributed by atoms with E-state index in [9.17, 15) is 9.90 Å². The molecule has 0 bridgehead atoms. The number of nitrogens with one attached hydrogen (secondary N) is 1. The minimum absolute atomic E-state index is 0.131. The first-order chi connectivity index (χ1) is 11.7. The van der Waals surface area contributed by atoms with Gasteiger partial charge in [0.1, 0.15) is 5.75 Å². The molecule has 0 radical (unpaired) electrons. The number of aliphatic hydroxyl groups is 1. The Labute approximate surface area is 143 Å². The summed E-state index contributed by atoms with van der Waals surface area (Å²) in [4.78, 5) is 12.3. The summed E-state index contributed by atoms with van der Waals surface area (Å²) in [5.41, 5.74) is 2.51. The van der Waals surface area contributed by atoms with Gasteiger partial charge in [0.05, 0.1) is 12.7 Å². The molecule has 1 unspecified atom stereocenters. The summed E-state index contributed by atoms with van der Waals surface area (Å²) in [6.07, 6.45) is 0.893. The Morgan fingerprint density at radius 3 is 2.71 bits per heavy atom. The van der Waals surface area contributed by atoms with Gasteiger partial charge >= 0.3 is 0 Å². The predicted octanol–water partition coefficient (Wildman–Crippen LogP) is 3.64. The number of hydrogen-bond acceptors (Lipinski definition) is 3. The van der Waals surface area contributed by atoms with Gasteiger partial charge in [-0.15, -0.1) is 0 Å². The van der Waals surface area contributed by atoms with Crippen LogP contribution in [0.1, 0.15) is 37.0 Å². The van der Waals surface area contributed by atoms with E-state index in [2.05, 4.69) is 5.32 Å². The molecule has 1 amide bonds. The number of rotatable bonds is 8. The summed E-state index contributed by atoms with van der Waals surface area (Å²) in [5.74, 6) is 0.678. The summed E-state index contributed by atoms with van der Waals surface area (Å²) in [5, 5.41) is 12.4. The number of amides is 1. The summed E-state index contributed by atoms with van der Waals surface area (Å²) >= 11 is 0. The maximum absolute atomic E-state index is 12.3. The van der Waals surface area contributed by atoms with E-state index in [1.54, 1.807) is 6.07 Å². The molecule has 1 atom stereocenters. The fraction of sp³-hybridized carbons (Fsp3) is 0.350. The number of carbonyl (C=O) groups excluding carboxylic acids is 1. The molecule has 2 aromatic rings. The third-order valence-corrected chi connectivity index (χ3v) is 3.86. The standard InChI is InChI=1S/C20H25NO3/c1-3-17(22)12-13-21-20(23)16-9-7-8-15(14-16)18-10-5-6-11-19(18)24-4-2/h5-11,14,17,22H,3-4,12-13H2,1-2H3,(H,21,23). The highest BCUT2D eigenvalue weighted by atomic mass is 16.5. The lowest BCUT2D eigenvalue weighted by molar-refractivity contribution is 0.0942. The van der Waals surface area contributed by atoms with Crippen molar-refractivity contribution in [2.24, 2.45) is 0 Å². The first kappa shape index (κ1) is 18.0. The largest absolute Gasteiger partial charge is 0.493 e. The van der Waals surface area contributed by atoms with Crippen LogP contribution in [0.5, 0.6) is 5.75 Å². The van der Waals surface area contributed by atoms with Crippen LogP contribution in [-0.4, -0.2) is 30.3 Å². The van der Waals surface area contributed by atoms with E-state index in [0.717, 1.165) is 16.9 Å². The van der Waals surface area contributed by atoms with E-state index in [1.807, 2.05) is 56.3 Å². The van der Waals surface area contributed by atoms with Crippen molar-refractivity contribution >= 4 is 5.91 Å². The number of hydrogen-bond donors (Lipinski definition) is 2. The van der Waals surface area contributed by atoms with Crippen LogP contribution >= 0.6 is 0 Å². The highest BCUT2D eigenvalue weighted by Gasteiger charge is 2.10. The zero-order chi connectivity index (χ0) is 17.4. The number of aliphatic hydroxyl groups excluding tert-OH is 1. The Morgan fingerprint density at radius 2 is 1.96 bits per heavy atom. The zero-order valence-corrected chi connectivity index (χ0v) is 14.3. The first-order valence-corrected chi connectivity index (χ1v) is 8.44. The molecule has 0 spiro atoms. The van der Waals surface area contributed by atoms with Crippen molar-refractivity contribution in [1.82, 2.24) is 5.32 Å². The van der Waals surface area contributed by atoms with Gasteiger partial charge in [-0.05, 0) is 43.5 Å². The Bertz CT molecular complexity index is 669. The number of carbonyl (C=O) groups is 1. The molecule has 0 saturated carbocycles. The molecule has 0 aliphatic carbocycles. The Morgan fingerprint density at radius 1 is 1.17 bits per heavy atom. The second-order valence-corrected chi connectivity index (χ2v) is 5.62. The molecule has 4 nitrogen and oxygen atoms in total. The van der Waals surface area contributed by atoms with Gasteiger partial charge in [-0.3, -0.25) is 4.79 Å². The Kier molecular flexibility index (Phi) is 6.82. The van der Waals surface area contributed by atoms with Gasteiger partial charge in [-0.1, -0.05) is 37.3 Å². The predicted molar refractivity (Wildman–Crippen MR) is 96.3 cm³/mol. The topological polar surface area (TPSA) is 58.6 Å². The van der Waals surface area contributed by atoms with E-state index in [-0.39, 0.29) is 12.0 Å². The lowest BCUT2D eigenvalue weighted by Crippen LogP contribution is -2.27. The van der Waals surface area contributed by atoms with Crippen LogP contribution in [0.15, 0.2) is 48.5 Å². The van der Waals surface area contributed by atoms with Gasteiger partial charge in [0.15, 0.2) is 0 Å². The Balaban J connectivity index is 2.13. The van der Waals surface area contributed by atoms with Crippen LogP contribution in [0, 0.1) is 0 Å². The van der Waals surface area contributed by atoms with E-state index in [4.69, 9.17) is 4.74 Å². The molecular weight excluding hydrogens is 302 g/mol. The maximum Gasteiger partial charge on any atom is 0.251 e. The number of ether oxygens (including phenoxy) is 1. The van der Waals surface area contributed by atoms with Crippen molar-refractivity contribution in [2.75, 3.05) is 13.2 Å². The summed E-state index contributed by atoms with van der Waals surface area (Å²) < 4.78 is 5.67. The molecule has 0 fully saturated rings. The van der Waals surface area contributed by atoms with Crippen molar-refractivity contribution in [3.63, 3.8) is 0 Å². The molecule has 0 aromatic heterocycles. The summed E-state index contributed by atoms with van der Waals surface area (Å²) in [6.45, 7) is 4.93. The minimum Gasteiger partial charge on any atom is -0.493 e. The van der Waals surface area contributed by atoms with Gasteiger partial charge in [0.25, 0.3) is 5.91 Å². The van der Waals surface area contributed by atoms with E-state index in [0.29, 0.717) is 31.6 Å². The molecular formula is C20H25NO3. The third-order valence-electron chi connectivity index (χ3n) is 3.86. The molecule has 0 aliphatic rings. The van der Waals surface area contributed by atoms with Crippen LogP contribution in [0.2, 0.25) is 0 Å². The quantitative estimate of drug-likeness (QED) is 0.778. The van der Waals surface area contributed by atoms with Gasteiger partial charge in [-0.25, -0.2) is 0 Å². The SMILES string of the molecule is CCOc1ccccc1-c1cccc(C(=O)NCCC(O)CC)c1. The first-order valence-electron chi connectivity index (χ1n) is 8.44. The molecule has 0 heterocycles. The van der Waals surface area contributed by atoms with Crippen molar-refractivity contribution in [2.45, 2.75) is 32.8 Å². The molecule has 0 saturated heterocycles. The molecule has 2 aromatic carbocycles. The third kappa shape index (κ3) is 4.83. The average Bonchev–Trinajstić information content (AvgIpc) is 2.62. The van der Waals surface area contributed by atoms with Gasteiger partial charge in [0.2, 0.25) is 0 Å². The maximum atomic E-state index is 12.3. The van der Waals surface area contributed by atoms with Crippen LogP contribution in [0.4, 0.5) is 0 Å². The highest BCUT2D eigenvalue weighted by molar-refractivity contribution is 5.95. The summed E-state index contributed by atoms with van der Waals surface area (Å²) in [7, 11) is 0. The van der Waals surface area contributed by atoms with Crippen LogP contribution in [-0.2, 0) is 0 Å². The van der Waals surface area contributed by atoms with Gasteiger partial charge < -0.3 is 15.2 Å². The highest BCUT2D eigenvalue weighted by Crippen LogP contribution is 2.30. The molecule has 128 valence electrons. The molecule has 2 N–H and O–H groups in total. The minimum atomic E-state index is -0.366. The average molecular weight is 327 g/mol. The van der Waals surface area contributed by atoms with Crippen molar-refractivity contribution in [1.29, 1.82) is 0 Å². The van der Waals surface area contributed by atoms with Gasteiger partial charge in [-0.2, -0.15) is 0 Å². The van der Waals surface area contributed by atoms with E-state index < -0.39 is 0 Å². The van der Waals surface area contributed by atoms with E-state index >= 15 is 0 Å². The van der Waals surface area contributed by atoms with Gasteiger partial charge in [0, 0.05) is 17.7 Å². The number of benzene rings is 2. The van der Waals surface area contributed by atoms with Crippen LogP contribution in [0.25, 0.3) is 11.1 Å². The van der Waals surface area contributed by atoms with E-state index in [1.165, 1.54) is 0 Å². The van der Waals surface area contributed by atoms with Crippen LogP contribution in [0.3, 0.4) is 0 Å². The molecule has 4 heteroatoms. The molecule has 0 aliphatic heterocycles. The second kappa shape index (κ2) is 9.08. The zero-order valence-electron chi connectivity index (χ0n) is 14.3. The second-order valence-electron chi connectivity index (χ2n) is 5.62. The monoisotopic (exact) mass is 327 g/mol. The van der Waals surface area contributed by atoms with Crippen molar-refractivity contribution in [3.05, 3.63) is 54.1 Å². The van der Waals surface area contributed by atoms with Crippen molar-refractivity contribution < 1.29 is 14.6 Å². The number of para-hydroxylation sites is 1. The Hall–Kier alpha value is -2.33. The molecule has 2 rings (SSSR count). The fourth-order valence-corrected chi connectivity index (χ4v) is 2.47. The van der Waals surface area contributed by atoms with Crippen LogP contribution < -0.4 is 10.1 Å². The lowest BCUT2D eigenvalue weighted by Gasteiger charge is -2.12. The molecule has 24 heavy (non-hydrogen) atoms. The normalized spacial score (nSPS) is 11.8. The smallest absolute Gasteiger partial charge is 0.251 e. The van der Waals surface area contributed by atoms with Crippen molar-refractivity contribution in [3.8, 4) is 16.9 Å². The lowest BCUT2D eigenvalue weighted by atomic mass is 10.0.